The van der Waals surface area contributed by atoms with Crippen molar-refractivity contribution >= 4 is 75.1 Å². The van der Waals surface area contributed by atoms with Gasteiger partial charge in [0, 0.05) is 69.5 Å². The van der Waals surface area contributed by atoms with Gasteiger partial charge in [0.05, 0.1) is 44.8 Å². The second kappa shape index (κ2) is 14.2. The molecule has 0 amide bonds. The molecule has 4 aromatic heterocycles. The van der Waals surface area contributed by atoms with Gasteiger partial charge < -0.3 is 9.13 Å². The highest BCUT2D eigenvalue weighted by Crippen LogP contribution is 2.46. The normalized spacial score (nSPS) is 11.8. The number of thiophene rings is 1. The van der Waals surface area contributed by atoms with Crippen molar-refractivity contribution in [2.45, 2.75) is 0 Å². The monoisotopic (exact) mass is 820 g/mol. The number of hydrogen-bond donors (Lipinski definition) is 0. The van der Waals surface area contributed by atoms with E-state index in [-0.39, 0.29) is 0 Å². The highest BCUT2D eigenvalue weighted by atomic mass is 32.1. The molecule has 0 radical (unpaired) electrons. The summed E-state index contributed by atoms with van der Waals surface area (Å²) in [4.78, 5) is 10.5. The molecule has 0 atom stereocenters. The van der Waals surface area contributed by atoms with Gasteiger partial charge in [-0.2, -0.15) is 0 Å². The molecule has 0 aliphatic rings. The lowest BCUT2D eigenvalue weighted by atomic mass is 9.97. The molecule has 0 saturated carbocycles. The maximum Gasteiger partial charge on any atom is 0.160 e. The molecule has 0 aliphatic heterocycles. The van der Waals surface area contributed by atoms with Gasteiger partial charge in [-0.1, -0.05) is 170 Å². The van der Waals surface area contributed by atoms with Crippen molar-refractivity contribution < 1.29 is 0 Å². The molecule has 63 heavy (non-hydrogen) atoms. The van der Waals surface area contributed by atoms with Crippen LogP contribution in [0.25, 0.3) is 120 Å². The SMILES string of the molecule is c1ccc(-c2cc(-c3ccc(-c4ccccc4-n4c5ccccc5c5ccccc54)c(-n4c5ccccc5c5c6sc7ccccc7c6ccc54)c3)nc(-c3ccccc3)n2)cc1. The van der Waals surface area contributed by atoms with Crippen molar-refractivity contribution in [2.24, 2.45) is 0 Å². The van der Waals surface area contributed by atoms with Gasteiger partial charge in [0.2, 0.25) is 0 Å². The minimum absolute atomic E-state index is 0.693. The van der Waals surface area contributed by atoms with E-state index in [1.165, 1.54) is 58.3 Å². The lowest BCUT2D eigenvalue weighted by Gasteiger charge is -2.20. The molecule has 0 spiro atoms. The fourth-order valence-electron chi connectivity index (χ4n) is 9.74. The minimum atomic E-state index is 0.693. The highest BCUT2D eigenvalue weighted by molar-refractivity contribution is 7.26. The highest BCUT2D eigenvalue weighted by Gasteiger charge is 2.23. The first-order valence-corrected chi connectivity index (χ1v) is 22.1. The van der Waals surface area contributed by atoms with E-state index >= 15 is 0 Å². The summed E-state index contributed by atoms with van der Waals surface area (Å²) in [5, 5.41) is 7.57. The standard InChI is InChI=1S/C58H36N4S/c1-3-17-37(18-4-1)47-36-48(60-58(59-47)38-19-5-2-6-20-38)39-31-32-43(42-23-9-14-28-51(42)61-49-26-12-7-21-40(49)41-22-8-13-27-50(41)61)54(35-39)62-52-29-15-10-25-46(52)56-53(62)34-33-45-44-24-11-16-30-55(44)63-57(45)56/h1-36H. The Bertz CT molecular complexity index is 3800. The molecule has 5 heteroatoms. The van der Waals surface area contributed by atoms with Crippen LogP contribution in [0.2, 0.25) is 0 Å². The number of aromatic nitrogens is 4. The Morgan fingerprint density at radius 1 is 0.333 bits per heavy atom. The van der Waals surface area contributed by atoms with Crippen LogP contribution in [0, 0.1) is 0 Å². The Kier molecular flexibility index (Phi) is 8.05. The van der Waals surface area contributed by atoms with Crippen LogP contribution < -0.4 is 0 Å². The van der Waals surface area contributed by atoms with Gasteiger partial charge in [-0.05, 0) is 48.5 Å². The van der Waals surface area contributed by atoms with Crippen LogP contribution in [0.4, 0.5) is 0 Å². The van der Waals surface area contributed by atoms with Gasteiger partial charge in [-0.25, -0.2) is 9.97 Å². The van der Waals surface area contributed by atoms with E-state index in [0.717, 1.165) is 56.1 Å². The van der Waals surface area contributed by atoms with Gasteiger partial charge in [0.15, 0.2) is 5.82 Å². The molecule has 4 heterocycles. The number of nitrogens with zero attached hydrogens (tertiary/aromatic N) is 4. The van der Waals surface area contributed by atoms with Crippen LogP contribution in [0.5, 0.6) is 0 Å². The number of fused-ring (bicyclic) bond motifs is 10. The van der Waals surface area contributed by atoms with E-state index in [4.69, 9.17) is 9.97 Å². The molecule has 13 rings (SSSR count). The lowest BCUT2D eigenvalue weighted by molar-refractivity contribution is 1.15. The number of para-hydroxylation sites is 4. The third-order valence-electron chi connectivity index (χ3n) is 12.6. The molecule has 0 fully saturated rings. The summed E-state index contributed by atoms with van der Waals surface area (Å²) in [5.41, 5.74) is 13.9. The summed E-state index contributed by atoms with van der Waals surface area (Å²) in [6.45, 7) is 0. The number of hydrogen-bond acceptors (Lipinski definition) is 3. The number of rotatable bonds is 6. The Morgan fingerprint density at radius 2 is 0.873 bits per heavy atom. The largest absolute Gasteiger partial charge is 0.309 e. The van der Waals surface area contributed by atoms with Crippen molar-refractivity contribution in [1.29, 1.82) is 0 Å². The Morgan fingerprint density at radius 3 is 1.60 bits per heavy atom. The van der Waals surface area contributed by atoms with Crippen LogP contribution in [0.1, 0.15) is 0 Å². The second-order valence-electron chi connectivity index (χ2n) is 16.1. The van der Waals surface area contributed by atoms with Crippen LogP contribution in [-0.2, 0) is 0 Å². The second-order valence-corrected chi connectivity index (χ2v) is 17.2. The molecule has 294 valence electrons. The molecule has 0 bridgehead atoms. The van der Waals surface area contributed by atoms with E-state index in [0.29, 0.717) is 5.82 Å². The molecule has 13 aromatic rings. The Balaban J connectivity index is 1.13. The zero-order valence-corrected chi connectivity index (χ0v) is 34.8. The Hall–Kier alpha value is -8.12. The average Bonchev–Trinajstić information content (AvgIpc) is 4.02. The van der Waals surface area contributed by atoms with E-state index in [2.05, 4.69) is 203 Å². The molecule has 0 aliphatic carbocycles. The summed E-state index contributed by atoms with van der Waals surface area (Å²) < 4.78 is 7.54. The molecular formula is C58H36N4S. The summed E-state index contributed by atoms with van der Waals surface area (Å²) >= 11 is 1.88. The maximum absolute atomic E-state index is 5.32. The van der Waals surface area contributed by atoms with Crippen molar-refractivity contribution in [1.82, 2.24) is 19.1 Å². The van der Waals surface area contributed by atoms with Crippen molar-refractivity contribution in [3.8, 4) is 56.4 Å². The van der Waals surface area contributed by atoms with Crippen LogP contribution in [0.3, 0.4) is 0 Å². The fraction of sp³-hybridized carbons (Fsp3) is 0. The zero-order chi connectivity index (χ0) is 41.4. The summed E-state index contributed by atoms with van der Waals surface area (Å²) in [5.74, 6) is 0.693. The van der Waals surface area contributed by atoms with Crippen LogP contribution >= 0.6 is 11.3 Å². The van der Waals surface area contributed by atoms with Crippen LogP contribution in [-0.4, -0.2) is 19.1 Å². The molecule has 0 saturated heterocycles. The van der Waals surface area contributed by atoms with Crippen molar-refractivity contribution in [3.05, 3.63) is 218 Å². The fourth-order valence-corrected chi connectivity index (χ4v) is 11.0. The minimum Gasteiger partial charge on any atom is -0.309 e. The van der Waals surface area contributed by atoms with Crippen LogP contribution in [0.15, 0.2) is 218 Å². The predicted octanol–water partition coefficient (Wildman–Crippen LogP) is 15.7. The summed E-state index contributed by atoms with van der Waals surface area (Å²) in [7, 11) is 0. The molecule has 9 aromatic carbocycles. The smallest absolute Gasteiger partial charge is 0.160 e. The van der Waals surface area contributed by atoms with Crippen molar-refractivity contribution in [2.75, 3.05) is 0 Å². The van der Waals surface area contributed by atoms with Gasteiger partial charge in [0.1, 0.15) is 0 Å². The first kappa shape index (κ1) is 35.6. The van der Waals surface area contributed by atoms with Gasteiger partial charge >= 0.3 is 0 Å². The summed E-state index contributed by atoms with van der Waals surface area (Å²) in [6.07, 6.45) is 0. The van der Waals surface area contributed by atoms with E-state index < -0.39 is 0 Å². The predicted molar refractivity (Wildman–Crippen MR) is 265 cm³/mol. The van der Waals surface area contributed by atoms with Gasteiger partial charge in [-0.15, -0.1) is 11.3 Å². The molecular weight excluding hydrogens is 785 g/mol. The number of benzene rings is 9. The van der Waals surface area contributed by atoms with Crippen molar-refractivity contribution in [3.63, 3.8) is 0 Å². The summed E-state index contributed by atoms with van der Waals surface area (Å²) in [6, 6.07) is 78.5. The third kappa shape index (κ3) is 5.60. The first-order chi connectivity index (χ1) is 31.3. The first-order valence-electron chi connectivity index (χ1n) is 21.3. The molecule has 0 unspecified atom stereocenters. The maximum atomic E-state index is 5.32. The topological polar surface area (TPSA) is 35.6 Å². The average molecular weight is 821 g/mol. The quantitative estimate of drug-likeness (QED) is 0.167. The zero-order valence-electron chi connectivity index (χ0n) is 34.0. The van der Waals surface area contributed by atoms with E-state index in [9.17, 15) is 0 Å². The van der Waals surface area contributed by atoms with Gasteiger partial charge in [-0.3, -0.25) is 0 Å². The van der Waals surface area contributed by atoms with E-state index in [1.54, 1.807) is 0 Å². The Labute approximate surface area is 367 Å². The molecule has 4 nitrogen and oxygen atoms in total. The lowest BCUT2D eigenvalue weighted by Crippen LogP contribution is -2.02. The third-order valence-corrected chi connectivity index (χ3v) is 13.8. The van der Waals surface area contributed by atoms with E-state index in [1.807, 2.05) is 35.6 Å². The van der Waals surface area contributed by atoms with Gasteiger partial charge in [0.25, 0.3) is 0 Å². The molecule has 0 N–H and O–H groups in total.